The van der Waals surface area contributed by atoms with Gasteiger partial charge in [0.05, 0.1) is 17.5 Å². The fourth-order valence-electron chi connectivity index (χ4n) is 2.68. The van der Waals surface area contributed by atoms with Crippen molar-refractivity contribution in [2.75, 3.05) is 19.8 Å². The molecule has 29 heavy (non-hydrogen) atoms. The van der Waals surface area contributed by atoms with E-state index in [1.54, 1.807) is 55.5 Å². The van der Waals surface area contributed by atoms with Crippen LogP contribution < -0.4 is 0 Å². The van der Waals surface area contributed by atoms with Crippen molar-refractivity contribution in [3.8, 4) is 0 Å². The number of hydrogen-bond donors (Lipinski definition) is 0. The molecule has 2 aromatic rings. The van der Waals surface area contributed by atoms with Crippen LogP contribution in [0.1, 0.15) is 18.5 Å². The first kappa shape index (κ1) is 22.4. The average Bonchev–Trinajstić information content (AvgIpc) is 2.74. The van der Waals surface area contributed by atoms with Gasteiger partial charge in [0.2, 0.25) is 10.0 Å². The van der Waals surface area contributed by atoms with Gasteiger partial charge in [0.25, 0.3) is 0 Å². The van der Waals surface area contributed by atoms with E-state index in [1.807, 2.05) is 30.3 Å². The van der Waals surface area contributed by atoms with Gasteiger partial charge in [-0.1, -0.05) is 60.7 Å². The Balaban J connectivity index is 2.26. The molecular weight excluding hydrogens is 390 g/mol. The summed E-state index contributed by atoms with van der Waals surface area (Å²) < 4.78 is 37.5. The average molecular weight is 416 g/mol. The highest BCUT2D eigenvalue weighted by atomic mass is 32.2. The SMILES string of the molecule is C=CC(c1ccccc1)N(C/C=C/COC(=O)OCC)S(=O)(=O)c1ccccc1. The number of benzene rings is 2. The van der Waals surface area contributed by atoms with Crippen LogP contribution in [0.4, 0.5) is 4.79 Å². The highest BCUT2D eigenvalue weighted by Gasteiger charge is 2.29. The second-order valence-electron chi connectivity index (χ2n) is 5.94. The molecule has 0 aliphatic rings. The highest BCUT2D eigenvalue weighted by molar-refractivity contribution is 7.89. The van der Waals surface area contributed by atoms with Gasteiger partial charge in [0.15, 0.2) is 0 Å². The normalized spacial score (nSPS) is 12.6. The lowest BCUT2D eigenvalue weighted by atomic mass is 10.1. The van der Waals surface area contributed by atoms with Crippen LogP contribution in [-0.2, 0) is 19.5 Å². The standard InChI is InChI=1S/C22H25NO5S/c1-3-21(19-13-7-5-8-14-19)23(17-11-12-18-28-22(24)27-4-2)29(25,26)20-15-9-6-10-16-20/h3,5-16,21H,1,4,17-18H2,2H3/b12-11+. The Morgan fingerprint density at radius 3 is 2.24 bits per heavy atom. The quantitative estimate of drug-likeness (QED) is 0.426. The van der Waals surface area contributed by atoms with E-state index in [1.165, 1.54) is 4.31 Å². The minimum Gasteiger partial charge on any atom is -0.435 e. The molecule has 0 aliphatic heterocycles. The molecule has 0 amide bonds. The van der Waals surface area contributed by atoms with E-state index in [2.05, 4.69) is 11.3 Å². The predicted molar refractivity (Wildman–Crippen MR) is 112 cm³/mol. The predicted octanol–water partition coefficient (Wildman–Crippen LogP) is 4.33. The molecule has 1 unspecified atom stereocenters. The van der Waals surface area contributed by atoms with Crippen molar-refractivity contribution in [3.05, 3.63) is 91.0 Å². The van der Waals surface area contributed by atoms with Crippen LogP contribution in [0.15, 0.2) is 90.4 Å². The van der Waals surface area contributed by atoms with Crippen molar-refractivity contribution in [1.29, 1.82) is 0 Å². The first-order valence-corrected chi connectivity index (χ1v) is 10.6. The molecule has 0 saturated heterocycles. The molecule has 154 valence electrons. The Hall–Kier alpha value is -2.90. The summed E-state index contributed by atoms with van der Waals surface area (Å²) in [5, 5.41) is 0. The lowest BCUT2D eigenvalue weighted by Gasteiger charge is -2.28. The first-order chi connectivity index (χ1) is 14.0. The van der Waals surface area contributed by atoms with E-state index >= 15 is 0 Å². The Morgan fingerprint density at radius 2 is 1.66 bits per heavy atom. The van der Waals surface area contributed by atoms with Crippen molar-refractivity contribution >= 4 is 16.2 Å². The number of sulfonamides is 1. The molecule has 2 aromatic carbocycles. The molecule has 0 bridgehead atoms. The van der Waals surface area contributed by atoms with Crippen LogP contribution in [0.25, 0.3) is 0 Å². The van der Waals surface area contributed by atoms with Gasteiger partial charge >= 0.3 is 6.16 Å². The van der Waals surface area contributed by atoms with Crippen molar-refractivity contribution in [3.63, 3.8) is 0 Å². The largest absolute Gasteiger partial charge is 0.508 e. The summed E-state index contributed by atoms with van der Waals surface area (Å²) in [5.41, 5.74) is 0.804. The zero-order valence-corrected chi connectivity index (χ0v) is 17.1. The minimum atomic E-state index is -3.79. The molecular formula is C22H25NO5S. The van der Waals surface area contributed by atoms with Crippen LogP contribution in [-0.4, -0.2) is 38.6 Å². The lowest BCUT2D eigenvalue weighted by Crippen LogP contribution is -2.34. The topological polar surface area (TPSA) is 72.9 Å². The molecule has 0 aliphatic carbocycles. The summed E-state index contributed by atoms with van der Waals surface area (Å²) in [7, 11) is -3.79. The second-order valence-corrected chi connectivity index (χ2v) is 7.83. The van der Waals surface area contributed by atoms with Crippen LogP contribution in [0.2, 0.25) is 0 Å². The number of rotatable bonds is 10. The van der Waals surface area contributed by atoms with Crippen molar-refractivity contribution in [1.82, 2.24) is 4.31 Å². The van der Waals surface area contributed by atoms with Crippen LogP contribution in [0.3, 0.4) is 0 Å². The molecule has 0 N–H and O–H groups in total. The zero-order chi connectivity index (χ0) is 21.1. The molecule has 7 heteroatoms. The van der Waals surface area contributed by atoms with Crippen LogP contribution in [0, 0.1) is 0 Å². The monoisotopic (exact) mass is 415 g/mol. The van der Waals surface area contributed by atoms with Gasteiger partial charge in [-0.3, -0.25) is 0 Å². The Labute approximate surface area is 172 Å². The van der Waals surface area contributed by atoms with E-state index in [0.717, 1.165) is 5.56 Å². The molecule has 0 saturated carbocycles. The zero-order valence-electron chi connectivity index (χ0n) is 16.3. The molecule has 0 radical (unpaired) electrons. The summed E-state index contributed by atoms with van der Waals surface area (Å²) in [6.07, 6.45) is 4.05. The Bertz CT molecular complexity index is 911. The summed E-state index contributed by atoms with van der Waals surface area (Å²) in [4.78, 5) is 11.4. The lowest BCUT2D eigenvalue weighted by molar-refractivity contribution is 0.0673. The first-order valence-electron chi connectivity index (χ1n) is 9.19. The van der Waals surface area contributed by atoms with Crippen molar-refractivity contribution in [2.45, 2.75) is 17.9 Å². The summed E-state index contributed by atoms with van der Waals surface area (Å²) in [6, 6.07) is 17.0. The highest BCUT2D eigenvalue weighted by Crippen LogP contribution is 2.28. The van der Waals surface area contributed by atoms with Crippen molar-refractivity contribution in [2.24, 2.45) is 0 Å². The van der Waals surface area contributed by atoms with Gasteiger partial charge < -0.3 is 9.47 Å². The van der Waals surface area contributed by atoms with Gasteiger partial charge in [-0.05, 0) is 30.7 Å². The number of ether oxygens (including phenoxy) is 2. The third-order valence-corrected chi connectivity index (χ3v) is 5.90. The fraction of sp³-hybridized carbons (Fsp3) is 0.227. The number of carbonyl (C=O) groups excluding carboxylic acids is 1. The maximum Gasteiger partial charge on any atom is 0.508 e. The minimum absolute atomic E-state index is 0.0118. The second kappa shape index (κ2) is 11.2. The van der Waals surface area contributed by atoms with E-state index < -0.39 is 22.2 Å². The fourth-order valence-corrected chi connectivity index (χ4v) is 4.24. The molecule has 0 spiro atoms. The molecule has 2 rings (SSSR count). The molecule has 0 aromatic heterocycles. The van der Waals surface area contributed by atoms with Crippen LogP contribution in [0.5, 0.6) is 0 Å². The number of hydrogen-bond acceptors (Lipinski definition) is 5. The number of nitrogens with zero attached hydrogens (tertiary/aromatic N) is 1. The van der Waals surface area contributed by atoms with Crippen LogP contribution >= 0.6 is 0 Å². The Kier molecular flexibility index (Phi) is 8.64. The molecule has 0 heterocycles. The number of carbonyl (C=O) groups is 1. The van der Waals surface area contributed by atoms with E-state index in [-0.39, 0.29) is 24.7 Å². The summed E-state index contributed by atoms with van der Waals surface area (Å²) in [5.74, 6) is 0. The van der Waals surface area contributed by atoms with Gasteiger partial charge in [0.1, 0.15) is 6.61 Å². The van der Waals surface area contributed by atoms with E-state index in [4.69, 9.17) is 4.74 Å². The van der Waals surface area contributed by atoms with Gasteiger partial charge in [0, 0.05) is 6.54 Å². The third-order valence-electron chi connectivity index (χ3n) is 4.04. The molecule has 1 atom stereocenters. The maximum absolute atomic E-state index is 13.3. The molecule has 6 nitrogen and oxygen atoms in total. The third kappa shape index (κ3) is 6.30. The maximum atomic E-state index is 13.3. The van der Waals surface area contributed by atoms with Crippen molar-refractivity contribution < 1.29 is 22.7 Å². The van der Waals surface area contributed by atoms with Gasteiger partial charge in [-0.25, -0.2) is 13.2 Å². The molecule has 0 fully saturated rings. The van der Waals surface area contributed by atoms with E-state index in [0.29, 0.717) is 0 Å². The van der Waals surface area contributed by atoms with Gasteiger partial charge in [-0.2, -0.15) is 4.31 Å². The van der Waals surface area contributed by atoms with E-state index in [9.17, 15) is 13.2 Å². The Morgan fingerprint density at radius 1 is 1.03 bits per heavy atom. The van der Waals surface area contributed by atoms with Gasteiger partial charge in [-0.15, -0.1) is 6.58 Å². The summed E-state index contributed by atoms with van der Waals surface area (Å²) in [6.45, 7) is 5.81. The summed E-state index contributed by atoms with van der Waals surface area (Å²) >= 11 is 0. The smallest absolute Gasteiger partial charge is 0.435 e.